The molecule has 4 nitrogen and oxygen atoms in total. The molecule has 0 amide bonds. The van der Waals surface area contributed by atoms with E-state index in [1.165, 1.54) is 86.9 Å². The molecule has 0 saturated heterocycles. The molecule has 2 aliphatic heterocycles. The maximum absolute atomic E-state index is 6.66. The molecule has 0 spiro atoms. The van der Waals surface area contributed by atoms with Crippen LogP contribution < -0.4 is 26.2 Å². The van der Waals surface area contributed by atoms with Crippen LogP contribution >= 0.6 is 11.3 Å². The van der Waals surface area contributed by atoms with Crippen LogP contribution in [-0.2, 0) is 16.2 Å². The Morgan fingerprint density at radius 3 is 1.77 bits per heavy atom. The second-order valence-electron chi connectivity index (χ2n) is 22.7. The highest BCUT2D eigenvalue weighted by Gasteiger charge is 2.44. The van der Waals surface area contributed by atoms with Gasteiger partial charge in [0.15, 0.2) is 0 Å². The van der Waals surface area contributed by atoms with Gasteiger partial charge in [-0.3, -0.25) is 0 Å². The Bertz CT molecular complexity index is 3870. The Hall–Kier alpha value is -7.02. The van der Waals surface area contributed by atoms with Gasteiger partial charge in [0.1, 0.15) is 16.0 Å². The van der Waals surface area contributed by atoms with Crippen LogP contribution in [-0.4, -0.2) is 11.3 Å². The zero-order valence-electron chi connectivity index (χ0n) is 41.2. The number of aromatic nitrogens is 1. The van der Waals surface area contributed by atoms with Crippen LogP contribution in [0, 0.1) is 6.92 Å². The number of hydrogen-bond acceptors (Lipinski definition) is 4. The van der Waals surface area contributed by atoms with E-state index in [9.17, 15) is 0 Å². The van der Waals surface area contributed by atoms with Crippen molar-refractivity contribution in [3.63, 3.8) is 0 Å². The van der Waals surface area contributed by atoms with Gasteiger partial charge in [0.25, 0.3) is 6.71 Å². The molecule has 0 unspecified atom stereocenters. The van der Waals surface area contributed by atoms with Gasteiger partial charge in [0, 0.05) is 60.4 Å². The number of furan rings is 1. The lowest BCUT2D eigenvalue weighted by Crippen LogP contribution is -2.60. The van der Waals surface area contributed by atoms with Gasteiger partial charge in [-0.15, -0.1) is 11.3 Å². The van der Waals surface area contributed by atoms with Crippen molar-refractivity contribution in [2.24, 2.45) is 0 Å². The van der Waals surface area contributed by atoms with Gasteiger partial charge in [0.2, 0.25) is 0 Å². The minimum atomic E-state index is -0.0712. The van der Waals surface area contributed by atoms with E-state index in [1.54, 1.807) is 0 Å². The third-order valence-electron chi connectivity index (χ3n) is 15.1. The van der Waals surface area contributed by atoms with Gasteiger partial charge in [-0.2, -0.15) is 0 Å². The summed E-state index contributed by atoms with van der Waals surface area (Å²) in [5.41, 5.74) is 20.4. The van der Waals surface area contributed by atoms with Crippen molar-refractivity contribution in [3.8, 4) is 5.69 Å². The molecular weight excluding hydrogens is 858 g/mol. The molecular formula is C63H56BN3OS. The Morgan fingerprint density at radius 2 is 1.09 bits per heavy atom. The van der Waals surface area contributed by atoms with E-state index < -0.39 is 0 Å². The first kappa shape index (κ1) is 42.1. The highest BCUT2D eigenvalue weighted by atomic mass is 32.1. The van der Waals surface area contributed by atoms with Gasteiger partial charge in [-0.1, -0.05) is 141 Å². The predicted molar refractivity (Wildman–Crippen MR) is 298 cm³/mol. The lowest BCUT2D eigenvalue weighted by Gasteiger charge is -2.41. The largest absolute Gasteiger partial charge is 0.456 e. The summed E-state index contributed by atoms with van der Waals surface area (Å²) in [6, 6.07) is 59.8. The normalized spacial score (nSPS) is 13.6. The van der Waals surface area contributed by atoms with E-state index in [1.807, 2.05) is 11.3 Å². The molecule has 0 saturated carbocycles. The zero-order chi connectivity index (χ0) is 47.5. The molecule has 0 N–H and O–H groups in total. The summed E-state index contributed by atoms with van der Waals surface area (Å²) in [5.74, 6) is 0. The number of rotatable bonds is 4. The average molecular weight is 914 g/mol. The van der Waals surface area contributed by atoms with Crippen LogP contribution in [0.4, 0.5) is 34.1 Å². The highest BCUT2D eigenvalue weighted by molar-refractivity contribution is 7.26. The Balaban J connectivity index is 1.14. The van der Waals surface area contributed by atoms with Crippen LogP contribution in [0.1, 0.15) is 84.6 Å². The minimum absolute atomic E-state index is 0.0191. The smallest absolute Gasteiger partial charge is 0.252 e. The number of fused-ring (bicyclic) bond motifs is 12. The number of thiophene rings is 1. The standard InChI is InChI=1S/C63H56BN3OS/c1-37-32-51-58-52(33-37)67-59-46(56-45-17-12-14-21-55(45)69-60(56)67)34-40(63(8,9)10)35-48(59)64(58)47-31-30-43(36-50(47)66(51)49-18-15-20-54-57(49)44-16-11-13-19-53(44)68-54)65(41-26-22-38(23-27-41)61(2,3)4)42-28-24-39(25-29-42)62(5,6)7/h11-36H,1-10H3. The second-order valence-corrected chi connectivity index (χ2v) is 23.8. The van der Waals surface area contributed by atoms with E-state index >= 15 is 0 Å². The fourth-order valence-corrected chi connectivity index (χ4v) is 12.8. The lowest BCUT2D eigenvalue weighted by atomic mass is 9.33. The van der Waals surface area contributed by atoms with Crippen molar-refractivity contribution >= 4 is 122 Å². The summed E-state index contributed by atoms with van der Waals surface area (Å²) in [6.07, 6.45) is 0. The second kappa shape index (κ2) is 14.5. The molecule has 8 aromatic carbocycles. The SMILES string of the molecule is Cc1cc2c3c(c1)-n1c4sc5ccccc5c4c4cc(C(C)(C)C)cc(c41)B3c1ccc(N(c3ccc(C(C)(C)C)cc3)c3ccc(C(C)(C)C)cc3)cc1N2c1cccc2oc3ccccc3c12. The fourth-order valence-electron chi connectivity index (χ4n) is 11.5. The Morgan fingerprint density at radius 1 is 0.478 bits per heavy atom. The predicted octanol–water partition coefficient (Wildman–Crippen LogP) is 16.2. The summed E-state index contributed by atoms with van der Waals surface area (Å²) in [5, 5.41) is 6.27. The summed E-state index contributed by atoms with van der Waals surface area (Å²) in [6.45, 7) is 23.1. The zero-order valence-corrected chi connectivity index (χ0v) is 42.1. The molecule has 0 atom stereocenters. The van der Waals surface area contributed by atoms with Crippen LogP contribution in [0.25, 0.3) is 58.8 Å². The molecule has 2 aliphatic rings. The van der Waals surface area contributed by atoms with Gasteiger partial charge >= 0.3 is 0 Å². The molecule has 0 aliphatic carbocycles. The average Bonchev–Trinajstić information content (AvgIpc) is 3.99. The van der Waals surface area contributed by atoms with E-state index in [-0.39, 0.29) is 23.0 Å². The lowest BCUT2D eigenvalue weighted by molar-refractivity contribution is 0.590. The van der Waals surface area contributed by atoms with Gasteiger partial charge < -0.3 is 18.8 Å². The third kappa shape index (κ3) is 6.27. The summed E-state index contributed by atoms with van der Waals surface area (Å²) in [7, 11) is 0. The summed E-state index contributed by atoms with van der Waals surface area (Å²) >= 11 is 1.92. The molecule has 338 valence electrons. The maximum atomic E-state index is 6.66. The molecule has 13 rings (SSSR count). The van der Waals surface area contributed by atoms with Gasteiger partial charge in [-0.05, 0) is 141 Å². The maximum Gasteiger partial charge on any atom is 0.252 e. The molecule has 5 heterocycles. The number of para-hydroxylation sites is 1. The Kier molecular flexibility index (Phi) is 8.86. The number of aryl methyl sites for hydroxylation is 1. The molecule has 69 heavy (non-hydrogen) atoms. The van der Waals surface area contributed by atoms with Gasteiger partial charge in [-0.25, -0.2) is 0 Å². The number of hydrogen-bond donors (Lipinski definition) is 0. The molecule has 0 bridgehead atoms. The number of benzene rings is 8. The quantitative estimate of drug-likeness (QED) is 0.164. The van der Waals surface area contributed by atoms with Crippen LogP contribution in [0.5, 0.6) is 0 Å². The van der Waals surface area contributed by atoms with E-state index in [4.69, 9.17) is 4.42 Å². The number of anilines is 6. The van der Waals surface area contributed by atoms with Crippen molar-refractivity contribution in [2.45, 2.75) is 85.5 Å². The van der Waals surface area contributed by atoms with Crippen molar-refractivity contribution in [1.29, 1.82) is 0 Å². The third-order valence-corrected chi connectivity index (χ3v) is 16.2. The van der Waals surface area contributed by atoms with Crippen molar-refractivity contribution in [1.82, 2.24) is 4.57 Å². The molecule has 3 aromatic heterocycles. The van der Waals surface area contributed by atoms with Crippen molar-refractivity contribution < 1.29 is 4.42 Å². The molecule has 0 radical (unpaired) electrons. The molecule has 6 heteroatoms. The fraction of sp³-hybridized carbons (Fsp3) is 0.206. The topological polar surface area (TPSA) is 24.6 Å². The van der Waals surface area contributed by atoms with Crippen molar-refractivity contribution in [2.75, 3.05) is 9.80 Å². The van der Waals surface area contributed by atoms with Crippen LogP contribution in [0.2, 0.25) is 0 Å². The van der Waals surface area contributed by atoms with E-state index in [0.717, 1.165) is 44.7 Å². The monoisotopic (exact) mass is 913 g/mol. The van der Waals surface area contributed by atoms with Crippen molar-refractivity contribution in [3.05, 3.63) is 180 Å². The van der Waals surface area contributed by atoms with Gasteiger partial charge in [0.05, 0.1) is 16.6 Å². The highest BCUT2D eigenvalue weighted by Crippen LogP contribution is 2.50. The Labute approximate surface area is 409 Å². The summed E-state index contributed by atoms with van der Waals surface area (Å²) < 4.78 is 10.6. The molecule has 0 fully saturated rings. The van der Waals surface area contributed by atoms with E-state index in [0.29, 0.717) is 0 Å². The first-order chi connectivity index (χ1) is 33.0. The summed E-state index contributed by atoms with van der Waals surface area (Å²) in [4.78, 5) is 6.34. The number of nitrogens with zero attached hydrogens (tertiary/aromatic N) is 3. The van der Waals surface area contributed by atoms with Crippen LogP contribution in [0.3, 0.4) is 0 Å². The van der Waals surface area contributed by atoms with Crippen LogP contribution in [0.15, 0.2) is 162 Å². The molecule has 11 aromatic rings. The minimum Gasteiger partial charge on any atom is -0.456 e. The first-order valence-corrected chi connectivity index (χ1v) is 25.4. The van der Waals surface area contributed by atoms with E-state index in [2.05, 4.69) is 241 Å². The first-order valence-electron chi connectivity index (χ1n) is 24.5.